The van der Waals surface area contributed by atoms with Gasteiger partial charge in [0.05, 0.1) is 12.1 Å². The number of hydrogen-bond acceptors (Lipinski definition) is 7. The van der Waals surface area contributed by atoms with E-state index in [1.165, 1.54) is 0 Å². The van der Waals surface area contributed by atoms with Gasteiger partial charge in [0.1, 0.15) is 30.3 Å². The molecule has 9 nitrogen and oxygen atoms in total. The van der Waals surface area contributed by atoms with Crippen LogP contribution in [-0.4, -0.2) is 62.4 Å². The van der Waals surface area contributed by atoms with Crippen molar-refractivity contribution < 1.29 is 24.2 Å². The van der Waals surface area contributed by atoms with Crippen molar-refractivity contribution in [2.75, 3.05) is 39.4 Å². The fourth-order valence-electron chi connectivity index (χ4n) is 2.45. The number of carbonyl (C=O) groups excluding carboxylic acids is 2. The van der Waals surface area contributed by atoms with Crippen molar-refractivity contribution in [3.05, 3.63) is 60.2 Å². The van der Waals surface area contributed by atoms with E-state index in [4.69, 9.17) is 14.7 Å². The van der Waals surface area contributed by atoms with Gasteiger partial charge in [-0.25, -0.2) is 0 Å². The number of nitriles is 1. The summed E-state index contributed by atoms with van der Waals surface area (Å²) in [5, 5.41) is 27.1. The van der Waals surface area contributed by atoms with Gasteiger partial charge in [0.15, 0.2) is 6.61 Å². The third-order valence-corrected chi connectivity index (χ3v) is 4.00. The molecule has 0 aromatic heterocycles. The zero-order valence-electron chi connectivity index (χ0n) is 17.0. The minimum atomic E-state index is -0.772. The molecule has 0 aliphatic rings. The minimum Gasteiger partial charge on any atom is -0.489 e. The van der Waals surface area contributed by atoms with Crippen LogP contribution in [0.25, 0.3) is 0 Å². The first-order valence-electron chi connectivity index (χ1n) is 9.80. The van der Waals surface area contributed by atoms with Crippen LogP contribution in [0.1, 0.15) is 5.56 Å². The van der Waals surface area contributed by atoms with Crippen LogP contribution in [0.3, 0.4) is 0 Å². The number of amides is 2. The summed E-state index contributed by atoms with van der Waals surface area (Å²) >= 11 is 0. The number of rotatable bonds is 13. The zero-order chi connectivity index (χ0) is 22.3. The number of para-hydroxylation sites is 2. The van der Waals surface area contributed by atoms with E-state index in [2.05, 4.69) is 16.0 Å². The van der Waals surface area contributed by atoms with Crippen LogP contribution in [0.5, 0.6) is 11.5 Å². The van der Waals surface area contributed by atoms with Gasteiger partial charge in [-0.1, -0.05) is 30.3 Å². The van der Waals surface area contributed by atoms with Crippen molar-refractivity contribution in [1.82, 2.24) is 16.0 Å². The van der Waals surface area contributed by atoms with E-state index in [-0.39, 0.29) is 32.2 Å². The average molecular weight is 426 g/mol. The highest BCUT2D eigenvalue weighted by Crippen LogP contribution is 2.16. The summed E-state index contributed by atoms with van der Waals surface area (Å²) in [7, 11) is 0. The molecule has 0 saturated heterocycles. The van der Waals surface area contributed by atoms with Gasteiger partial charge in [0.2, 0.25) is 5.91 Å². The third-order valence-electron chi connectivity index (χ3n) is 4.00. The maximum atomic E-state index is 11.7. The average Bonchev–Trinajstić information content (AvgIpc) is 2.80. The van der Waals surface area contributed by atoms with Gasteiger partial charge < -0.3 is 30.5 Å². The van der Waals surface area contributed by atoms with E-state index in [0.29, 0.717) is 30.2 Å². The van der Waals surface area contributed by atoms with E-state index in [9.17, 15) is 14.7 Å². The molecule has 9 heteroatoms. The molecule has 0 fully saturated rings. The Labute approximate surface area is 181 Å². The molecule has 2 rings (SSSR count). The zero-order valence-corrected chi connectivity index (χ0v) is 17.0. The smallest absolute Gasteiger partial charge is 0.258 e. The lowest BCUT2D eigenvalue weighted by molar-refractivity contribution is -0.127. The van der Waals surface area contributed by atoms with Gasteiger partial charge in [-0.3, -0.25) is 9.59 Å². The van der Waals surface area contributed by atoms with Crippen LogP contribution >= 0.6 is 0 Å². The fourth-order valence-corrected chi connectivity index (χ4v) is 2.45. The van der Waals surface area contributed by atoms with Crippen molar-refractivity contribution in [2.45, 2.75) is 6.10 Å². The van der Waals surface area contributed by atoms with Gasteiger partial charge >= 0.3 is 0 Å². The van der Waals surface area contributed by atoms with Crippen LogP contribution in [0.2, 0.25) is 0 Å². The molecule has 0 bridgehead atoms. The molecule has 4 N–H and O–H groups in total. The lowest BCUT2D eigenvalue weighted by Gasteiger charge is -2.14. The summed E-state index contributed by atoms with van der Waals surface area (Å²) in [5.41, 5.74) is 0.407. The lowest BCUT2D eigenvalue weighted by atomic mass is 10.2. The first kappa shape index (κ1) is 23.7. The topological polar surface area (TPSA) is 133 Å². The number of ether oxygens (including phenoxy) is 2. The summed E-state index contributed by atoms with van der Waals surface area (Å²) in [5.74, 6) is 0.285. The van der Waals surface area contributed by atoms with E-state index < -0.39 is 12.0 Å². The molecule has 2 aromatic carbocycles. The Morgan fingerprint density at radius 1 is 0.968 bits per heavy atom. The summed E-state index contributed by atoms with van der Waals surface area (Å²) in [4.78, 5) is 23.4. The molecule has 1 atom stereocenters. The highest BCUT2D eigenvalue weighted by Gasteiger charge is 2.08. The Morgan fingerprint density at radius 2 is 1.71 bits per heavy atom. The Morgan fingerprint density at radius 3 is 2.48 bits per heavy atom. The predicted octanol–water partition coefficient (Wildman–Crippen LogP) is 0.199. The number of aliphatic hydroxyl groups is 1. The normalized spacial score (nSPS) is 11.1. The van der Waals surface area contributed by atoms with Crippen LogP contribution < -0.4 is 25.4 Å². The first-order chi connectivity index (χ1) is 15.1. The Bertz CT molecular complexity index is 870. The van der Waals surface area contributed by atoms with Crippen molar-refractivity contribution in [1.29, 1.82) is 5.26 Å². The molecule has 164 valence electrons. The second-order valence-electron chi connectivity index (χ2n) is 6.51. The monoisotopic (exact) mass is 426 g/mol. The van der Waals surface area contributed by atoms with Crippen LogP contribution in [0.4, 0.5) is 0 Å². The van der Waals surface area contributed by atoms with Crippen LogP contribution in [-0.2, 0) is 9.59 Å². The minimum absolute atomic E-state index is 0.0368. The fraction of sp³-hybridized carbons (Fsp3) is 0.318. The van der Waals surface area contributed by atoms with Gasteiger partial charge in [-0.15, -0.1) is 0 Å². The summed E-state index contributed by atoms with van der Waals surface area (Å²) in [6.07, 6.45) is -0.772. The second-order valence-corrected chi connectivity index (χ2v) is 6.51. The number of carbonyl (C=O) groups is 2. The molecule has 0 saturated carbocycles. The molecule has 0 heterocycles. The molecule has 2 amide bonds. The van der Waals surface area contributed by atoms with Gasteiger partial charge in [0, 0.05) is 19.6 Å². The molecule has 31 heavy (non-hydrogen) atoms. The van der Waals surface area contributed by atoms with Gasteiger partial charge in [-0.05, 0) is 24.3 Å². The SMILES string of the molecule is N#Cc1ccccc1OCC(O)CNCCNC(=O)CNC(=O)COc1ccccc1. The predicted molar refractivity (Wildman–Crippen MR) is 113 cm³/mol. The molecule has 0 aliphatic carbocycles. The Hall–Kier alpha value is -3.61. The van der Waals surface area contributed by atoms with E-state index >= 15 is 0 Å². The number of nitrogens with one attached hydrogen (secondary N) is 3. The van der Waals surface area contributed by atoms with Crippen molar-refractivity contribution >= 4 is 11.8 Å². The lowest BCUT2D eigenvalue weighted by Crippen LogP contribution is -2.42. The summed E-state index contributed by atoms with van der Waals surface area (Å²) < 4.78 is 10.7. The third kappa shape index (κ3) is 9.62. The molecule has 2 aromatic rings. The van der Waals surface area contributed by atoms with E-state index in [1.54, 1.807) is 48.5 Å². The van der Waals surface area contributed by atoms with Crippen molar-refractivity contribution in [3.8, 4) is 17.6 Å². The highest BCUT2D eigenvalue weighted by atomic mass is 16.5. The maximum absolute atomic E-state index is 11.7. The number of hydrogen-bond donors (Lipinski definition) is 4. The Balaban J connectivity index is 1.49. The molecule has 0 aliphatic heterocycles. The summed E-state index contributed by atoms with van der Waals surface area (Å²) in [6.45, 7) is 0.749. The van der Waals surface area contributed by atoms with Gasteiger partial charge in [0.25, 0.3) is 5.91 Å². The van der Waals surface area contributed by atoms with Crippen LogP contribution in [0, 0.1) is 11.3 Å². The van der Waals surface area contributed by atoms with E-state index in [0.717, 1.165) is 0 Å². The number of benzene rings is 2. The second kappa shape index (κ2) is 13.6. The largest absolute Gasteiger partial charge is 0.489 e. The molecule has 0 spiro atoms. The van der Waals surface area contributed by atoms with Crippen molar-refractivity contribution in [3.63, 3.8) is 0 Å². The first-order valence-corrected chi connectivity index (χ1v) is 9.80. The summed E-state index contributed by atoms with van der Waals surface area (Å²) in [6, 6.07) is 17.7. The molecular formula is C22H26N4O5. The number of aliphatic hydroxyl groups excluding tert-OH is 1. The molecule has 1 unspecified atom stereocenters. The van der Waals surface area contributed by atoms with Crippen molar-refractivity contribution in [2.24, 2.45) is 0 Å². The molecule has 0 radical (unpaired) electrons. The molecular weight excluding hydrogens is 400 g/mol. The number of nitrogens with zero attached hydrogens (tertiary/aromatic N) is 1. The standard InChI is InChI=1S/C22H26N4O5/c23-12-17-6-4-5-9-20(17)31-15-18(27)13-24-10-11-25-21(28)14-26-22(29)16-30-19-7-2-1-3-8-19/h1-9,18,24,27H,10-11,13-16H2,(H,25,28)(H,26,29). The highest BCUT2D eigenvalue weighted by molar-refractivity contribution is 5.85. The van der Waals surface area contributed by atoms with Crippen LogP contribution in [0.15, 0.2) is 54.6 Å². The Kier molecular flexibility index (Phi) is 10.4. The quantitative estimate of drug-likeness (QED) is 0.336. The van der Waals surface area contributed by atoms with Gasteiger partial charge in [-0.2, -0.15) is 5.26 Å². The maximum Gasteiger partial charge on any atom is 0.258 e. The van der Waals surface area contributed by atoms with E-state index in [1.807, 2.05) is 12.1 Å².